The van der Waals surface area contributed by atoms with Crippen LogP contribution in [0.5, 0.6) is 0 Å². The first kappa shape index (κ1) is 15.8. The fraction of sp³-hybridized carbons (Fsp3) is 0.222. The molecule has 0 fully saturated rings. The quantitative estimate of drug-likeness (QED) is 0.627. The summed E-state index contributed by atoms with van der Waals surface area (Å²) in [5, 5.41) is 0. The maximum Gasteiger partial charge on any atom is 0.305 e. The van der Waals surface area contributed by atoms with Crippen molar-refractivity contribution in [2.75, 3.05) is 0 Å². The van der Waals surface area contributed by atoms with Gasteiger partial charge in [0.2, 0.25) is 0 Å². The van der Waals surface area contributed by atoms with E-state index < -0.39 is 18.2 Å². The zero-order chi connectivity index (χ0) is 15.9. The zero-order valence-corrected chi connectivity index (χ0v) is 12.6. The first-order valence-electron chi connectivity index (χ1n) is 7.02. The van der Waals surface area contributed by atoms with E-state index >= 15 is 0 Å². The molecule has 0 atom stereocenters. The van der Waals surface area contributed by atoms with Gasteiger partial charge in [-0.3, -0.25) is 9.59 Å². The largest absolute Gasteiger partial charge is 0.421 e. The van der Waals surface area contributed by atoms with Gasteiger partial charge in [0, 0.05) is 19.4 Å². The predicted molar refractivity (Wildman–Crippen MR) is 82.0 cm³/mol. The van der Waals surface area contributed by atoms with E-state index in [4.69, 9.17) is 9.47 Å². The molecule has 2 rings (SSSR count). The van der Waals surface area contributed by atoms with Crippen molar-refractivity contribution in [1.29, 1.82) is 0 Å². The lowest BCUT2D eigenvalue weighted by Gasteiger charge is -2.17. The van der Waals surface area contributed by atoms with Crippen molar-refractivity contribution < 1.29 is 19.1 Å². The Hall–Kier alpha value is -2.62. The van der Waals surface area contributed by atoms with Crippen molar-refractivity contribution >= 4 is 11.9 Å². The molecule has 0 saturated carbocycles. The van der Waals surface area contributed by atoms with Gasteiger partial charge in [0.05, 0.1) is 0 Å². The Morgan fingerprint density at radius 1 is 0.818 bits per heavy atom. The third kappa shape index (κ3) is 4.74. The highest BCUT2D eigenvalue weighted by atomic mass is 16.7. The van der Waals surface area contributed by atoms with Gasteiger partial charge in [-0.25, -0.2) is 0 Å². The molecule has 0 aliphatic rings. The van der Waals surface area contributed by atoms with Crippen molar-refractivity contribution in [1.82, 2.24) is 0 Å². The molecule has 2 aromatic carbocycles. The smallest absolute Gasteiger partial charge is 0.305 e. The number of esters is 2. The van der Waals surface area contributed by atoms with Crippen molar-refractivity contribution in [3.05, 3.63) is 71.3 Å². The van der Waals surface area contributed by atoms with Gasteiger partial charge >= 0.3 is 11.9 Å². The van der Waals surface area contributed by atoms with Gasteiger partial charge in [-0.1, -0.05) is 54.6 Å². The Balaban J connectivity index is 2.11. The first-order valence-corrected chi connectivity index (χ1v) is 7.02. The highest BCUT2D eigenvalue weighted by Crippen LogP contribution is 2.21. The van der Waals surface area contributed by atoms with Gasteiger partial charge in [-0.05, 0) is 17.5 Å². The SMILES string of the molecule is CC(=O)OC(OC(C)=O)c1ccc(Cc2ccccc2)cc1. The lowest BCUT2D eigenvalue weighted by atomic mass is 10.0. The van der Waals surface area contributed by atoms with E-state index in [0.29, 0.717) is 5.56 Å². The number of carbonyl (C=O) groups is 2. The van der Waals surface area contributed by atoms with Crippen LogP contribution >= 0.6 is 0 Å². The normalized spacial score (nSPS) is 10.3. The lowest BCUT2D eigenvalue weighted by molar-refractivity contribution is -0.186. The Morgan fingerprint density at radius 3 is 1.82 bits per heavy atom. The standard InChI is InChI=1S/C18H18O4/c1-13(19)21-18(22-14(2)20)17-10-8-16(9-11-17)12-15-6-4-3-5-7-15/h3-11,18H,12H2,1-2H3. The van der Waals surface area contributed by atoms with Crippen LogP contribution < -0.4 is 0 Å². The van der Waals surface area contributed by atoms with Crippen molar-refractivity contribution in [2.24, 2.45) is 0 Å². The molecular weight excluding hydrogens is 280 g/mol. The number of hydrogen-bond acceptors (Lipinski definition) is 4. The van der Waals surface area contributed by atoms with E-state index in [1.807, 2.05) is 30.3 Å². The fourth-order valence-electron chi connectivity index (χ4n) is 2.09. The molecule has 0 spiro atoms. The molecule has 22 heavy (non-hydrogen) atoms. The number of rotatable bonds is 5. The highest BCUT2D eigenvalue weighted by molar-refractivity contribution is 5.68. The first-order chi connectivity index (χ1) is 10.5. The molecule has 2 aromatic rings. The monoisotopic (exact) mass is 298 g/mol. The van der Waals surface area contributed by atoms with E-state index in [2.05, 4.69) is 12.1 Å². The minimum Gasteiger partial charge on any atom is -0.421 e. The lowest BCUT2D eigenvalue weighted by Crippen LogP contribution is -2.14. The van der Waals surface area contributed by atoms with Crippen LogP contribution in [0, 0.1) is 0 Å². The van der Waals surface area contributed by atoms with Gasteiger partial charge in [-0.2, -0.15) is 0 Å². The molecular formula is C18H18O4. The van der Waals surface area contributed by atoms with Gasteiger partial charge in [0.25, 0.3) is 6.29 Å². The molecule has 0 amide bonds. The van der Waals surface area contributed by atoms with Gasteiger partial charge in [0.15, 0.2) is 0 Å². The maximum atomic E-state index is 11.1. The topological polar surface area (TPSA) is 52.6 Å². The van der Waals surface area contributed by atoms with Crippen molar-refractivity contribution in [2.45, 2.75) is 26.6 Å². The van der Waals surface area contributed by atoms with E-state index in [1.54, 1.807) is 12.1 Å². The molecule has 0 aliphatic heterocycles. The molecule has 114 valence electrons. The Bertz CT molecular complexity index is 616. The second kappa shape index (κ2) is 7.41. The average molecular weight is 298 g/mol. The summed E-state index contributed by atoms with van der Waals surface area (Å²) in [5.41, 5.74) is 2.97. The summed E-state index contributed by atoms with van der Waals surface area (Å²) in [7, 11) is 0. The second-order valence-corrected chi connectivity index (χ2v) is 4.95. The molecule has 0 unspecified atom stereocenters. The molecule has 0 aromatic heterocycles. The summed E-state index contributed by atoms with van der Waals surface area (Å²) in [4.78, 5) is 22.2. The van der Waals surface area contributed by atoms with Crippen LogP contribution in [0.25, 0.3) is 0 Å². The Kier molecular flexibility index (Phi) is 5.31. The van der Waals surface area contributed by atoms with Crippen LogP contribution in [0.1, 0.15) is 36.8 Å². The molecule has 0 saturated heterocycles. The van der Waals surface area contributed by atoms with E-state index in [0.717, 1.165) is 12.0 Å². The fourth-order valence-corrected chi connectivity index (χ4v) is 2.09. The van der Waals surface area contributed by atoms with Crippen LogP contribution in [-0.4, -0.2) is 11.9 Å². The van der Waals surface area contributed by atoms with Crippen LogP contribution in [0.4, 0.5) is 0 Å². The average Bonchev–Trinajstić information content (AvgIpc) is 2.47. The molecule has 4 nitrogen and oxygen atoms in total. The number of carbonyl (C=O) groups excluding carboxylic acids is 2. The summed E-state index contributed by atoms with van der Waals surface area (Å²) in [6, 6.07) is 17.6. The minimum absolute atomic E-state index is 0.500. The van der Waals surface area contributed by atoms with Crippen molar-refractivity contribution in [3.8, 4) is 0 Å². The predicted octanol–water partition coefficient (Wildman–Crippen LogP) is 3.40. The maximum absolute atomic E-state index is 11.1. The van der Waals surface area contributed by atoms with E-state index in [1.165, 1.54) is 19.4 Å². The number of ether oxygens (including phenoxy) is 2. The second-order valence-electron chi connectivity index (χ2n) is 4.95. The minimum atomic E-state index is -0.999. The molecule has 0 bridgehead atoms. The molecule has 0 aliphatic carbocycles. The number of hydrogen-bond donors (Lipinski definition) is 0. The summed E-state index contributed by atoms with van der Waals surface area (Å²) in [6.07, 6.45) is -0.187. The highest BCUT2D eigenvalue weighted by Gasteiger charge is 2.17. The van der Waals surface area contributed by atoms with Crippen LogP contribution in [0.2, 0.25) is 0 Å². The summed E-state index contributed by atoms with van der Waals surface area (Å²) < 4.78 is 10.0. The van der Waals surface area contributed by atoms with Crippen LogP contribution in [0.15, 0.2) is 54.6 Å². The van der Waals surface area contributed by atoms with Crippen molar-refractivity contribution in [3.63, 3.8) is 0 Å². The van der Waals surface area contributed by atoms with Gasteiger partial charge in [0.1, 0.15) is 0 Å². The Morgan fingerprint density at radius 2 is 1.32 bits per heavy atom. The summed E-state index contributed by atoms with van der Waals surface area (Å²) in [6.45, 7) is 2.56. The van der Waals surface area contributed by atoms with Gasteiger partial charge in [-0.15, -0.1) is 0 Å². The van der Waals surface area contributed by atoms with Crippen LogP contribution in [-0.2, 0) is 25.5 Å². The number of benzene rings is 2. The van der Waals surface area contributed by atoms with Gasteiger partial charge < -0.3 is 9.47 Å². The summed E-state index contributed by atoms with van der Waals surface area (Å²) >= 11 is 0. The van der Waals surface area contributed by atoms with E-state index in [-0.39, 0.29) is 0 Å². The molecule has 4 heteroatoms. The molecule has 0 radical (unpaired) electrons. The third-order valence-corrected chi connectivity index (χ3v) is 3.05. The zero-order valence-electron chi connectivity index (χ0n) is 12.6. The van der Waals surface area contributed by atoms with E-state index in [9.17, 15) is 9.59 Å². The molecule has 0 heterocycles. The Labute approximate surface area is 129 Å². The summed E-state index contributed by atoms with van der Waals surface area (Å²) in [5.74, 6) is -1.00. The third-order valence-electron chi connectivity index (χ3n) is 3.05. The van der Waals surface area contributed by atoms with Crippen LogP contribution in [0.3, 0.4) is 0 Å². The molecule has 0 N–H and O–H groups in total.